The SMILES string of the molecule is C=CCCCN(C)S(=O)(=O)c1cc(Br)ccc1[N+](=O)[O-]. The summed E-state index contributed by atoms with van der Waals surface area (Å²) in [5.74, 6) is 0. The minimum Gasteiger partial charge on any atom is -0.258 e. The second-order valence-corrected chi connectivity index (χ2v) is 7.06. The summed E-state index contributed by atoms with van der Waals surface area (Å²) < 4.78 is 26.3. The van der Waals surface area contributed by atoms with Crippen LogP contribution in [0.25, 0.3) is 0 Å². The van der Waals surface area contributed by atoms with Gasteiger partial charge in [-0.1, -0.05) is 22.0 Å². The van der Waals surface area contributed by atoms with Gasteiger partial charge in [-0.05, 0) is 25.0 Å². The normalized spacial score (nSPS) is 11.6. The summed E-state index contributed by atoms with van der Waals surface area (Å²) in [4.78, 5) is 9.95. The molecule has 110 valence electrons. The fourth-order valence-corrected chi connectivity index (χ4v) is 3.49. The van der Waals surface area contributed by atoms with Crippen LogP contribution in [0, 0.1) is 10.1 Å². The molecule has 0 aromatic heterocycles. The summed E-state index contributed by atoms with van der Waals surface area (Å²) in [6, 6.07) is 3.86. The number of sulfonamides is 1. The molecule has 0 aliphatic heterocycles. The van der Waals surface area contributed by atoms with Gasteiger partial charge in [-0.3, -0.25) is 10.1 Å². The molecule has 0 aliphatic rings. The first-order chi connectivity index (χ1) is 9.30. The van der Waals surface area contributed by atoms with E-state index in [2.05, 4.69) is 22.5 Å². The number of rotatable bonds is 7. The second kappa shape index (κ2) is 6.96. The number of unbranched alkanes of at least 4 members (excludes halogenated alkanes) is 1. The van der Waals surface area contributed by atoms with Crippen molar-refractivity contribution >= 4 is 31.6 Å². The van der Waals surface area contributed by atoms with Gasteiger partial charge in [0.25, 0.3) is 5.69 Å². The monoisotopic (exact) mass is 362 g/mol. The average molecular weight is 363 g/mol. The molecule has 0 amide bonds. The maximum Gasteiger partial charge on any atom is 0.289 e. The van der Waals surface area contributed by atoms with Gasteiger partial charge in [0.1, 0.15) is 0 Å². The van der Waals surface area contributed by atoms with Crippen molar-refractivity contribution in [3.63, 3.8) is 0 Å². The average Bonchev–Trinajstić information content (AvgIpc) is 2.38. The van der Waals surface area contributed by atoms with Crippen molar-refractivity contribution in [1.29, 1.82) is 0 Å². The van der Waals surface area contributed by atoms with Gasteiger partial charge >= 0.3 is 0 Å². The molecule has 0 radical (unpaired) electrons. The van der Waals surface area contributed by atoms with Crippen LogP contribution in [0.4, 0.5) is 5.69 Å². The molecule has 0 spiro atoms. The van der Waals surface area contributed by atoms with E-state index in [1.807, 2.05) is 0 Å². The fourth-order valence-electron chi connectivity index (χ4n) is 1.59. The molecule has 0 unspecified atom stereocenters. The minimum atomic E-state index is -3.89. The van der Waals surface area contributed by atoms with Gasteiger partial charge in [0.2, 0.25) is 10.0 Å². The van der Waals surface area contributed by atoms with Gasteiger partial charge in [0, 0.05) is 24.1 Å². The van der Waals surface area contributed by atoms with Crippen molar-refractivity contribution in [3.05, 3.63) is 45.4 Å². The molecule has 0 N–H and O–H groups in total. The van der Waals surface area contributed by atoms with Gasteiger partial charge in [-0.2, -0.15) is 0 Å². The molecule has 0 atom stereocenters. The third-order valence-electron chi connectivity index (χ3n) is 2.69. The zero-order valence-corrected chi connectivity index (χ0v) is 13.4. The van der Waals surface area contributed by atoms with Crippen molar-refractivity contribution in [2.45, 2.75) is 17.7 Å². The van der Waals surface area contributed by atoms with Crippen LogP contribution in [-0.4, -0.2) is 31.2 Å². The Balaban J connectivity index is 3.17. The molecule has 8 heteroatoms. The number of hydrogen-bond donors (Lipinski definition) is 0. The van der Waals surface area contributed by atoms with Crippen molar-refractivity contribution in [3.8, 4) is 0 Å². The third kappa shape index (κ3) is 3.87. The lowest BCUT2D eigenvalue weighted by atomic mass is 10.3. The number of halogens is 1. The van der Waals surface area contributed by atoms with Crippen molar-refractivity contribution in [2.24, 2.45) is 0 Å². The van der Waals surface area contributed by atoms with Crippen LogP contribution in [0.1, 0.15) is 12.8 Å². The van der Waals surface area contributed by atoms with E-state index >= 15 is 0 Å². The molecule has 0 saturated heterocycles. The Morgan fingerprint density at radius 3 is 2.70 bits per heavy atom. The maximum absolute atomic E-state index is 12.4. The summed E-state index contributed by atoms with van der Waals surface area (Å²) in [5, 5.41) is 11.0. The van der Waals surface area contributed by atoms with E-state index in [-0.39, 0.29) is 11.4 Å². The number of nitro groups is 1. The molecule has 0 fully saturated rings. The van der Waals surface area contributed by atoms with E-state index in [9.17, 15) is 18.5 Å². The van der Waals surface area contributed by atoms with Gasteiger partial charge in [-0.25, -0.2) is 12.7 Å². The number of nitro benzene ring substituents is 1. The minimum absolute atomic E-state index is 0.276. The lowest BCUT2D eigenvalue weighted by Gasteiger charge is -2.16. The molecule has 1 rings (SSSR count). The molecule has 6 nitrogen and oxygen atoms in total. The van der Waals surface area contributed by atoms with Gasteiger partial charge in [0.05, 0.1) is 4.92 Å². The van der Waals surface area contributed by atoms with Crippen LogP contribution < -0.4 is 0 Å². The molecule has 20 heavy (non-hydrogen) atoms. The first-order valence-electron chi connectivity index (χ1n) is 5.82. The quantitative estimate of drug-likeness (QED) is 0.323. The highest BCUT2D eigenvalue weighted by molar-refractivity contribution is 9.10. The van der Waals surface area contributed by atoms with Gasteiger partial charge in [0.15, 0.2) is 4.90 Å². The Hall–Kier alpha value is -1.25. The molecule has 0 saturated carbocycles. The Morgan fingerprint density at radius 2 is 2.15 bits per heavy atom. The zero-order valence-electron chi connectivity index (χ0n) is 11.0. The Kier molecular flexibility index (Phi) is 5.85. The van der Waals surface area contributed by atoms with Gasteiger partial charge < -0.3 is 0 Å². The molecular formula is C12H15BrN2O4S. The highest BCUT2D eigenvalue weighted by atomic mass is 79.9. The lowest BCUT2D eigenvalue weighted by Crippen LogP contribution is -2.28. The maximum atomic E-state index is 12.4. The topological polar surface area (TPSA) is 80.5 Å². The van der Waals surface area contributed by atoms with E-state index in [1.54, 1.807) is 6.08 Å². The summed E-state index contributed by atoms with van der Waals surface area (Å²) >= 11 is 3.13. The fraction of sp³-hybridized carbons (Fsp3) is 0.333. The van der Waals surface area contributed by atoms with Crippen LogP contribution in [0.5, 0.6) is 0 Å². The molecule has 0 heterocycles. The van der Waals surface area contributed by atoms with Crippen LogP contribution in [0.15, 0.2) is 40.2 Å². The zero-order chi connectivity index (χ0) is 15.3. The van der Waals surface area contributed by atoms with E-state index in [4.69, 9.17) is 0 Å². The van der Waals surface area contributed by atoms with Crippen molar-refractivity contribution < 1.29 is 13.3 Å². The number of benzene rings is 1. The summed E-state index contributed by atoms with van der Waals surface area (Å²) in [6.07, 6.45) is 2.99. The predicted octanol–water partition coefficient (Wildman–Crippen LogP) is 2.94. The van der Waals surface area contributed by atoms with Crippen LogP contribution in [0.2, 0.25) is 0 Å². The first kappa shape index (κ1) is 16.8. The third-order valence-corrected chi connectivity index (χ3v) is 5.07. The van der Waals surface area contributed by atoms with E-state index in [0.717, 1.165) is 4.31 Å². The number of nitrogens with zero attached hydrogens (tertiary/aromatic N) is 2. The molecule has 0 aliphatic carbocycles. The highest BCUT2D eigenvalue weighted by Crippen LogP contribution is 2.29. The van der Waals surface area contributed by atoms with Crippen molar-refractivity contribution in [2.75, 3.05) is 13.6 Å². The molecule has 0 bridgehead atoms. The highest BCUT2D eigenvalue weighted by Gasteiger charge is 2.29. The van der Waals surface area contributed by atoms with Crippen LogP contribution >= 0.6 is 15.9 Å². The standard InChI is InChI=1S/C12H15BrN2O4S/c1-3-4-5-8-14(2)20(18,19)12-9-10(13)6-7-11(12)15(16)17/h3,6-7,9H,1,4-5,8H2,2H3. The smallest absolute Gasteiger partial charge is 0.258 e. The first-order valence-corrected chi connectivity index (χ1v) is 8.05. The van der Waals surface area contributed by atoms with Crippen molar-refractivity contribution in [1.82, 2.24) is 4.31 Å². The summed E-state index contributed by atoms with van der Waals surface area (Å²) in [7, 11) is -2.48. The van der Waals surface area contributed by atoms with Gasteiger partial charge in [-0.15, -0.1) is 6.58 Å². The van der Waals surface area contributed by atoms with E-state index < -0.39 is 20.6 Å². The van der Waals surface area contributed by atoms with Crippen LogP contribution in [0.3, 0.4) is 0 Å². The molecular weight excluding hydrogens is 348 g/mol. The van der Waals surface area contributed by atoms with Crippen LogP contribution in [-0.2, 0) is 10.0 Å². The summed E-state index contributed by atoms with van der Waals surface area (Å²) in [6.45, 7) is 3.84. The second-order valence-electron chi connectivity index (χ2n) is 4.13. The Morgan fingerprint density at radius 1 is 1.50 bits per heavy atom. The number of hydrogen-bond acceptors (Lipinski definition) is 4. The predicted molar refractivity (Wildman–Crippen MR) is 80.0 cm³/mol. The Labute approximate surface area is 126 Å². The Bertz CT molecular complexity index is 616. The number of allylic oxidation sites excluding steroid dienone is 1. The molecule has 1 aromatic carbocycles. The van der Waals surface area contributed by atoms with E-state index in [0.29, 0.717) is 17.3 Å². The van der Waals surface area contributed by atoms with E-state index in [1.165, 1.54) is 25.2 Å². The summed E-state index contributed by atoms with van der Waals surface area (Å²) in [5.41, 5.74) is -0.427. The largest absolute Gasteiger partial charge is 0.289 e. The lowest BCUT2D eigenvalue weighted by molar-refractivity contribution is -0.387. The molecule has 1 aromatic rings.